The summed E-state index contributed by atoms with van der Waals surface area (Å²) in [5.41, 5.74) is 1.45. The van der Waals surface area contributed by atoms with Crippen LogP contribution in [-0.2, 0) is 14.4 Å². The summed E-state index contributed by atoms with van der Waals surface area (Å²) in [6.07, 6.45) is -9.42. The van der Waals surface area contributed by atoms with Gasteiger partial charge >= 0.3 is 24.3 Å². The lowest BCUT2D eigenvalue weighted by atomic mass is 9.92. The Morgan fingerprint density at radius 2 is 1.48 bits per heavy atom. The topological polar surface area (TPSA) is 131 Å². The highest BCUT2D eigenvalue weighted by atomic mass is 19.4. The summed E-state index contributed by atoms with van der Waals surface area (Å²) in [5, 5.41) is 14.2. The van der Waals surface area contributed by atoms with Crippen LogP contribution in [0.1, 0.15) is 22.6 Å². The van der Waals surface area contributed by atoms with E-state index < -0.39 is 24.3 Å². The van der Waals surface area contributed by atoms with E-state index in [1.807, 2.05) is 31.0 Å². The number of hydrogen-bond donors (Lipinski definition) is 2. The number of carboxylic acids is 2. The summed E-state index contributed by atoms with van der Waals surface area (Å²) >= 11 is 0. The molecule has 0 radical (unpaired) electrons. The molecule has 2 fully saturated rings. The predicted molar refractivity (Wildman–Crippen MR) is 131 cm³/mol. The summed E-state index contributed by atoms with van der Waals surface area (Å²) in [6.45, 7) is 3.64. The molecule has 1 atom stereocenters. The lowest BCUT2D eigenvalue weighted by Gasteiger charge is -2.46. The Kier molecular flexibility index (Phi) is 10.6. The standard InChI is InChI=1S/C21H23FN4O2.2C2HF3O2/c1-15-5-3-8-18(23-15)20(28)25-10-9-21(13-25)14-26(19(27)12-24(21)2)17-7-4-6-16(22)11-17;2*3-2(4,5)1(6)7/h3-8,11H,9-10,12-14H2,1-2H3;2*(H,6,7). The average molecular weight is 610 g/mol. The van der Waals surface area contributed by atoms with Crippen molar-refractivity contribution in [3.8, 4) is 0 Å². The van der Waals surface area contributed by atoms with E-state index in [1.165, 1.54) is 12.1 Å². The van der Waals surface area contributed by atoms with Gasteiger partial charge in [-0.3, -0.25) is 14.5 Å². The van der Waals surface area contributed by atoms with Crippen molar-refractivity contribution in [3.05, 3.63) is 59.7 Å². The van der Waals surface area contributed by atoms with Gasteiger partial charge in [0.1, 0.15) is 11.5 Å². The lowest BCUT2D eigenvalue weighted by molar-refractivity contribution is -0.193. The number of amides is 2. The number of pyridine rings is 1. The molecule has 10 nitrogen and oxygen atoms in total. The Labute approximate surface area is 233 Å². The van der Waals surface area contributed by atoms with E-state index >= 15 is 0 Å². The molecule has 1 aromatic carbocycles. The minimum Gasteiger partial charge on any atom is -0.475 e. The van der Waals surface area contributed by atoms with E-state index in [0.717, 1.165) is 12.1 Å². The molecule has 2 saturated heterocycles. The number of halogens is 7. The molecule has 3 heterocycles. The van der Waals surface area contributed by atoms with Crippen LogP contribution in [0.25, 0.3) is 0 Å². The van der Waals surface area contributed by atoms with Crippen LogP contribution in [0.2, 0.25) is 0 Å². The van der Waals surface area contributed by atoms with E-state index in [0.29, 0.717) is 31.0 Å². The zero-order chi connectivity index (χ0) is 32.0. The predicted octanol–water partition coefficient (Wildman–Crippen LogP) is 3.36. The van der Waals surface area contributed by atoms with Crippen molar-refractivity contribution in [1.29, 1.82) is 0 Å². The molecule has 1 aromatic heterocycles. The molecule has 17 heteroatoms. The Hall–Kier alpha value is -4.28. The highest BCUT2D eigenvalue weighted by Crippen LogP contribution is 2.34. The number of aryl methyl sites for hydroxylation is 1. The van der Waals surface area contributed by atoms with Crippen molar-refractivity contribution in [2.75, 3.05) is 38.1 Å². The molecular formula is C25H25F7N4O6. The number of carboxylic acid groups (broad SMARTS) is 2. The fraction of sp³-hybridized carbons (Fsp3) is 0.400. The minimum absolute atomic E-state index is 0.0659. The second-order valence-electron chi connectivity index (χ2n) is 9.29. The number of carbonyl (C=O) groups is 4. The smallest absolute Gasteiger partial charge is 0.475 e. The van der Waals surface area contributed by atoms with Gasteiger partial charge in [-0.2, -0.15) is 26.3 Å². The van der Waals surface area contributed by atoms with Gasteiger partial charge in [0.25, 0.3) is 5.91 Å². The number of carbonyl (C=O) groups excluding carboxylic acids is 2. The number of alkyl halides is 6. The van der Waals surface area contributed by atoms with E-state index in [9.17, 15) is 40.3 Å². The first-order chi connectivity index (χ1) is 19.3. The summed E-state index contributed by atoms with van der Waals surface area (Å²) in [7, 11) is 1.92. The second kappa shape index (κ2) is 13.1. The molecule has 4 rings (SSSR count). The Balaban J connectivity index is 0.000000367. The molecular weight excluding hydrogens is 585 g/mol. The van der Waals surface area contributed by atoms with Crippen LogP contribution in [0.15, 0.2) is 42.5 Å². The zero-order valence-electron chi connectivity index (χ0n) is 22.0. The zero-order valence-corrected chi connectivity index (χ0v) is 22.0. The van der Waals surface area contributed by atoms with Gasteiger partial charge in [-0.15, -0.1) is 0 Å². The maximum atomic E-state index is 13.7. The van der Waals surface area contributed by atoms with Crippen molar-refractivity contribution in [2.45, 2.75) is 31.2 Å². The van der Waals surface area contributed by atoms with Gasteiger partial charge in [-0.25, -0.2) is 19.0 Å². The van der Waals surface area contributed by atoms with Gasteiger partial charge in [0.2, 0.25) is 5.91 Å². The van der Waals surface area contributed by atoms with Gasteiger partial charge < -0.3 is 20.0 Å². The molecule has 2 aliphatic heterocycles. The maximum Gasteiger partial charge on any atom is 0.490 e. The molecule has 0 bridgehead atoms. The van der Waals surface area contributed by atoms with Crippen molar-refractivity contribution in [2.24, 2.45) is 0 Å². The third kappa shape index (κ3) is 8.86. The number of likely N-dealkylation sites (tertiary alicyclic amines) is 1. The van der Waals surface area contributed by atoms with Gasteiger partial charge in [0.15, 0.2) is 0 Å². The van der Waals surface area contributed by atoms with Gasteiger partial charge in [0, 0.05) is 31.0 Å². The molecule has 2 N–H and O–H groups in total. The van der Waals surface area contributed by atoms with Crippen LogP contribution in [0.3, 0.4) is 0 Å². The molecule has 0 saturated carbocycles. The largest absolute Gasteiger partial charge is 0.490 e. The third-order valence-corrected chi connectivity index (χ3v) is 6.27. The summed E-state index contributed by atoms with van der Waals surface area (Å²) < 4.78 is 77.1. The Bertz CT molecular complexity index is 1300. The Morgan fingerprint density at radius 3 is 1.98 bits per heavy atom. The number of aromatic nitrogens is 1. The fourth-order valence-corrected chi connectivity index (χ4v) is 4.13. The first kappa shape index (κ1) is 33.9. The number of rotatable bonds is 2. The lowest BCUT2D eigenvalue weighted by Crippen LogP contribution is -2.64. The van der Waals surface area contributed by atoms with E-state index in [2.05, 4.69) is 4.98 Å². The third-order valence-electron chi connectivity index (χ3n) is 6.27. The molecule has 2 amide bonds. The first-order valence-corrected chi connectivity index (χ1v) is 11.9. The number of nitrogens with zero attached hydrogens (tertiary/aromatic N) is 4. The highest BCUT2D eigenvalue weighted by Gasteiger charge is 2.49. The molecule has 2 aliphatic rings. The van der Waals surface area contributed by atoms with Crippen LogP contribution in [-0.4, -0.2) is 99.9 Å². The highest BCUT2D eigenvalue weighted by molar-refractivity contribution is 5.96. The molecule has 1 spiro atoms. The summed E-state index contributed by atoms with van der Waals surface area (Å²) in [4.78, 5) is 53.1. The van der Waals surface area contributed by atoms with Crippen molar-refractivity contribution < 1.29 is 60.1 Å². The normalized spacial score (nSPS) is 19.0. The van der Waals surface area contributed by atoms with E-state index in [1.54, 1.807) is 28.0 Å². The molecule has 42 heavy (non-hydrogen) atoms. The number of hydrogen-bond acceptors (Lipinski definition) is 6. The van der Waals surface area contributed by atoms with Crippen LogP contribution in [0.5, 0.6) is 0 Å². The van der Waals surface area contributed by atoms with E-state index in [-0.39, 0.29) is 29.7 Å². The quantitative estimate of drug-likeness (QED) is 0.496. The number of benzene rings is 1. The number of aliphatic carboxylic acids is 2. The SMILES string of the molecule is Cc1cccc(C(=O)N2CCC3(C2)CN(c2cccc(F)c2)C(=O)CN3C)n1.O=C(O)C(F)(F)F.O=C(O)C(F)(F)F. The minimum atomic E-state index is -5.08. The van der Waals surface area contributed by atoms with Crippen molar-refractivity contribution >= 4 is 29.4 Å². The van der Waals surface area contributed by atoms with Gasteiger partial charge in [-0.1, -0.05) is 12.1 Å². The molecule has 0 aliphatic carbocycles. The average Bonchev–Trinajstić information content (AvgIpc) is 3.31. The summed E-state index contributed by atoms with van der Waals surface area (Å²) in [6, 6.07) is 11.5. The Morgan fingerprint density at radius 1 is 0.929 bits per heavy atom. The summed E-state index contributed by atoms with van der Waals surface area (Å²) in [5.74, 6) is -6.04. The van der Waals surface area contributed by atoms with Crippen LogP contribution in [0.4, 0.5) is 36.4 Å². The van der Waals surface area contributed by atoms with Gasteiger partial charge in [0.05, 0.1) is 12.1 Å². The number of likely N-dealkylation sites (N-methyl/N-ethyl adjacent to an activating group) is 1. The van der Waals surface area contributed by atoms with E-state index in [4.69, 9.17) is 19.8 Å². The van der Waals surface area contributed by atoms with Crippen molar-refractivity contribution in [1.82, 2.24) is 14.8 Å². The van der Waals surface area contributed by atoms with Crippen LogP contribution < -0.4 is 4.90 Å². The number of piperazine rings is 1. The fourth-order valence-electron chi connectivity index (χ4n) is 4.13. The molecule has 230 valence electrons. The molecule has 1 unspecified atom stereocenters. The van der Waals surface area contributed by atoms with Gasteiger partial charge in [-0.05, 0) is 50.7 Å². The monoisotopic (exact) mass is 610 g/mol. The van der Waals surface area contributed by atoms with Crippen LogP contribution >= 0.6 is 0 Å². The number of anilines is 1. The van der Waals surface area contributed by atoms with Crippen molar-refractivity contribution in [3.63, 3.8) is 0 Å². The second-order valence-corrected chi connectivity index (χ2v) is 9.29. The molecule has 2 aromatic rings. The maximum absolute atomic E-state index is 13.7. The van der Waals surface area contributed by atoms with Crippen LogP contribution in [0, 0.1) is 12.7 Å². The first-order valence-electron chi connectivity index (χ1n) is 11.9.